The van der Waals surface area contributed by atoms with Crippen LogP contribution in [0.15, 0.2) is 12.4 Å². The van der Waals surface area contributed by atoms with Crippen LogP contribution in [-0.4, -0.2) is 40.0 Å². The first kappa shape index (κ1) is 14.3. The molecule has 2 aliphatic rings. The lowest BCUT2D eigenvalue weighted by molar-refractivity contribution is -0.140. The van der Waals surface area contributed by atoms with Gasteiger partial charge in [0.15, 0.2) is 0 Å². The molecule has 1 unspecified atom stereocenters. The molecule has 0 aromatic carbocycles. The zero-order chi connectivity index (χ0) is 14.7. The van der Waals surface area contributed by atoms with Crippen LogP contribution in [0.2, 0.25) is 0 Å². The molecular weight excluding hydrogens is 266 g/mol. The summed E-state index contributed by atoms with van der Waals surface area (Å²) in [5, 5.41) is 0. The minimum absolute atomic E-state index is 0.0234. The van der Waals surface area contributed by atoms with E-state index in [0.717, 1.165) is 44.2 Å². The van der Waals surface area contributed by atoms with Gasteiger partial charge in [0.2, 0.25) is 5.91 Å². The Morgan fingerprint density at radius 2 is 2.05 bits per heavy atom. The first-order chi connectivity index (χ1) is 10.3. The molecule has 21 heavy (non-hydrogen) atoms. The van der Waals surface area contributed by atoms with Crippen molar-refractivity contribution >= 4 is 5.91 Å². The molecule has 1 aliphatic carbocycles. The van der Waals surface area contributed by atoms with Gasteiger partial charge in [0, 0.05) is 24.9 Å². The smallest absolute Gasteiger partial charge is 0.316 e. The number of rotatable bonds is 4. The molecule has 1 saturated carbocycles. The first-order valence-corrected chi connectivity index (χ1v) is 8.02. The molecule has 5 nitrogen and oxygen atoms in total. The lowest BCUT2D eigenvalue weighted by Gasteiger charge is -2.36. The summed E-state index contributed by atoms with van der Waals surface area (Å²) < 4.78 is 5.85. The van der Waals surface area contributed by atoms with Crippen LogP contribution < -0.4 is 4.74 Å². The van der Waals surface area contributed by atoms with Crippen LogP contribution in [0, 0.1) is 5.92 Å². The van der Waals surface area contributed by atoms with Crippen LogP contribution in [0.3, 0.4) is 0 Å². The van der Waals surface area contributed by atoms with Gasteiger partial charge in [-0.25, -0.2) is 9.97 Å². The number of nitrogens with zero attached hydrogens (tertiary/aromatic N) is 3. The van der Waals surface area contributed by atoms with Gasteiger partial charge < -0.3 is 9.64 Å². The Kier molecular flexibility index (Phi) is 4.36. The molecule has 0 spiro atoms. The van der Waals surface area contributed by atoms with E-state index in [0.29, 0.717) is 18.5 Å². The number of ether oxygens (including phenoxy) is 1. The van der Waals surface area contributed by atoms with Crippen molar-refractivity contribution in [1.82, 2.24) is 14.9 Å². The normalized spacial score (nSPS) is 22.7. The summed E-state index contributed by atoms with van der Waals surface area (Å²) in [6.45, 7) is 3.61. The Bertz CT molecular complexity index is 485. The SMILES string of the molecule is CCc1cnc(OC2CCCN(C(=O)C3CCC3)C2)nc1. The second-order valence-electron chi connectivity index (χ2n) is 6.02. The largest absolute Gasteiger partial charge is 0.458 e. The molecule has 1 atom stereocenters. The van der Waals surface area contributed by atoms with E-state index >= 15 is 0 Å². The Morgan fingerprint density at radius 1 is 1.29 bits per heavy atom. The first-order valence-electron chi connectivity index (χ1n) is 8.02. The number of aromatic nitrogens is 2. The van der Waals surface area contributed by atoms with Gasteiger partial charge in [0.05, 0.1) is 6.54 Å². The summed E-state index contributed by atoms with van der Waals surface area (Å²) in [7, 11) is 0. The minimum Gasteiger partial charge on any atom is -0.458 e. The van der Waals surface area contributed by atoms with E-state index in [2.05, 4.69) is 16.9 Å². The van der Waals surface area contributed by atoms with Crippen LogP contribution in [-0.2, 0) is 11.2 Å². The molecule has 114 valence electrons. The third kappa shape index (κ3) is 3.34. The van der Waals surface area contributed by atoms with Gasteiger partial charge in [0.1, 0.15) is 6.10 Å². The molecule has 0 radical (unpaired) electrons. The number of aryl methyl sites for hydroxylation is 1. The maximum atomic E-state index is 12.3. The Labute approximate surface area is 125 Å². The fraction of sp³-hybridized carbons (Fsp3) is 0.688. The summed E-state index contributed by atoms with van der Waals surface area (Å²) in [4.78, 5) is 22.8. The zero-order valence-corrected chi connectivity index (χ0v) is 12.6. The van der Waals surface area contributed by atoms with Crippen LogP contribution in [0.5, 0.6) is 6.01 Å². The number of amides is 1. The third-order valence-corrected chi connectivity index (χ3v) is 4.51. The number of hydrogen-bond donors (Lipinski definition) is 0. The molecule has 1 saturated heterocycles. The molecular formula is C16H23N3O2. The number of piperidine rings is 1. The standard InChI is InChI=1S/C16H23N3O2/c1-2-12-9-17-16(18-10-12)21-14-7-4-8-19(11-14)15(20)13-5-3-6-13/h9-10,13-14H,2-8,11H2,1H3. The maximum absolute atomic E-state index is 12.3. The van der Waals surface area contributed by atoms with Gasteiger partial charge in [-0.1, -0.05) is 13.3 Å². The van der Waals surface area contributed by atoms with E-state index in [1.165, 1.54) is 6.42 Å². The molecule has 1 aromatic rings. The third-order valence-electron chi connectivity index (χ3n) is 4.51. The van der Waals surface area contributed by atoms with E-state index in [4.69, 9.17) is 4.74 Å². The molecule has 0 bridgehead atoms. The van der Waals surface area contributed by atoms with Gasteiger partial charge in [-0.3, -0.25) is 4.79 Å². The zero-order valence-electron chi connectivity index (χ0n) is 12.6. The van der Waals surface area contributed by atoms with Crippen molar-refractivity contribution in [3.8, 4) is 6.01 Å². The molecule has 1 amide bonds. The minimum atomic E-state index is 0.0234. The number of hydrogen-bond acceptors (Lipinski definition) is 4. The molecule has 2 fully saturated rings. The predicted octanol–water partition coefficient (Wildman–Crippen LogP) is 2.21. The fourth-order valence-electron chi connectivity index (χ4n) is 2.88. The molecule has 3 rings (SSSR count). The van der Waals surface area contributed by atoms with Crippen molar-refractivity contribution in [3.05, 3.63) is 18.0 Å². The lowest BCUT2D eigenvalue weighted by atomic mass is 9.84. The monoisotopic (exact) mass is 289 g/mol. The van der Waals surface area contributed by atoms with Crippen LogP contribution >= 0.6 is 0 Å². The van der Waals surface area contributed by atoms with Crippen molar-refractivity contribution in [3.63, 3.8) is 0 Å². The highest BCUT2D eigenvalue weighted by Gasteiger charge is 2.32. The van der Waals surface area contributed by atoms with Crippen LogP contribution in [0.4, 0.5) is 0 Å². The average Bonchev–Trinajstić information content (AvgIpc) is 2.46. The summed E-state index contributed by atoms with van der Waals surface area (Å²) in [6.07, 6.45) is 9.84. The van der Waals surface area contributed by atoms with E-state index in [-0.39, 0.29) is 12.0 Å². The van der Waals surface area contributed by atoms with E-state index in [1.54, 1.807) is 0 Å². The van der Waals surface area contributed by atoms with Crippen LogP contribution in [0.1, 0.15) is 44.6 Å². The second-order valence-corrected chi connectivity index (χ2v) is 6.02. The Hall–Kier alpha value is -1.65. The Morgan fingerprint density at radius 3 is 2.67 bits per heavy atom. The number of carbonyl (C=O) groups is 1. The molecule has 1 aliphatic heterocycles. The lowest BCUT2D eigenvalue weighted by Crippen LogP contribution is -2.47. The summed E-state index contributed by atoms with van der Waals surface area (Å²) >= 11 is 0. The quantitative estimate of drug-likeness (QED) is 0.852. The highest BCUT2D eigenvalue weighted by Crippen LogP contribution is 2.29. The second kappa shape index (κ2) is 6.41. The average molecular weight is 289 g/mol. The highest BCUT2D eigenvalue weighted by molar-refractivity contribution is 5.79. The predicted molar refractivity (Wildman–Crippen MR) is 79.0 cm³/mol. The highest BCUT2D eigenvalue weighted by atomic mass is 16.5. The maximum Gasteiger partial charge on any atom is 0.316 e. The van der Waals surface area contributed by atoms with Crippen molar-refractivity contribution in [1.29, 1.82) is 0 Å². The van der Waals surface area contributed by atoms with Gasteiger partial charge >= 0.3 is 6.01 Å². The van der Waals surface area contributed by atoms with Crippen molar-refractivity contribution < 1.29 is 9.53 Å². The summed E-state index contributed by atoms with van der Waals surface area (Å²) in [5.41, 5.74) is 1.10. The van der Waals surface area contributed by atoms with Crippen molar-refractivity contribution in [2.24, 2.45) is 5.92 Å². The molecule has 2 heterocycles. The van der Waals surface area contributed by atoms with Crippen molar-refractivity contribution in [2.45, 2.75) is 51.6 Å². The van der Waals surface area contributed by atoms with E-state index < -0.39 is 0 Å². The Balaban J connectivity index is 1.56. The van der Waals surface area contributed by atoms with Gasteiger partial charge in [-0.05, 0) is 37.7 Å². The van der Waals surface area contributed by atoms with Gasteiger partial charge in [-0.2, -0.15) is 0 Å². The molecule has 0 N–H and O–H groups in total. The van der Waals surface area contributed by atoms with Gasteiger partial charge in [-0.15, -0.1) is 0 Å². The topological polar surface area (TPSA) is 55.3 Å². The molecule has 5 heteroatoms. The van der Waals surface area contributed by atoms with E-state index in [1.807, 2.05) is 17.3 Å². The summed E-state index contributed by atoms with van der Waals surface area (Å²) in [5.74, 6) is 0.584. The van der Waals surface area contributed by atoms with Crippen molar-refractivity contribution in [2.75, 3.05) is 13.1 Å². The number of likely N-dealkylation sites (tertiary alicyclic amines) is 1. The fourth-order valence-corrected chi connectivity index (χ4v) is 2.88. The summed E-state index contributed by atoms with van der Waals surface area (Å²) in [6, 6.07) is 0.426. The number of carbonyl (C=O) groups excluding carboxylic acids is 1. The van der Waals surface area contributed by atoms with E-state index in [9.17, 15) is 4.79 Å². The molecule has 1 aromatic heterocycles. The van der Waals surface area contributed by atoms with Crippen LogP contribution in [0.25, 0.3) is 0 Å². The van der Waals surface area contributed by atoms with Gasteiger partial charge in [0.25, 0.3) is 0 Å².